The summed E-state index contributed by atoms with van der Waals surface area (Å²) in [5.74, 6) is 0. The van der Waals surface area contributed by atoms with Crippen molar-refractivity contribution in [2.75, 3.05) is 0 Å². The molecule has 0 spiro atoms. The van der Waals surface area contributed by atoms with Crippen molar-refractivity contribution >= 4 is 10.8 Å². The van der Waals surface area contributed by atoms with E-state index in [0.717, 1.165) is 5.56 Å². The average molecular weight is 226 g/mol. The molecule has 1 heterocycles. The summed E-state index contributed by atoms with van der Waals surface area (Å²) in [6.07, 6.45) is 3.53. The van der Waals surface area contributed by atoms with Crippen molar-refractivity contribution in [1.82, 2.24) is 9.97 Å². The minimum Gasteiger partial charge on any atom is -0.251 e. The molecule has 0 saturated heterocycles. The van der Waals surface area contributed by atoms with Crippen LogP contribution in [0.2, 0.25) is 0 Å². The third-order valence-corrected chi connectivity index (χ3v) is 3.53. The molecule has 0 aliphatic rings. The lowest BCUT2D eigenvalue weighted by molar-refractivity contribution is 0.579. The summed E-state index contributed by atoms with van der Waals surface area (Å²) in [5, 5.41) is 0.489. The quantitative estimate of drug-likeness (QED) is 0.727. The normalized spacial score (nSPS) is 14.3. The highest BCUT2D eigenvalue weighted by Gasteiger charge is 2.16. The summed E-state index contributed by atoms with van der Waals surface area (Å²) in [6, 6.07) is 0. The molecule has 0 aliphatic carbocycles. The Morgan fingerprint density at radius 1 is 1.20 bits per heavy atom. The lowest BCUT2D eigenvalue weighted by Crippen LogP contribution is -2.14. The van der Waals surface area contributed by atoms with Crippen LogP contribution in [0.15, 0.2) is 17.6 Å². The van der Waals surface area contributed by atoms with E-state index in [9.17, 15) is 4.21 Å². The first-order valence-corrected chi connectivity index (χ1v) is 6.27. The molecule has 1 rings (SSSR count). The van der Waals surface area contributed by atoms with E-state index in [0.29, 0.717) is 5.16 Å². The van der Waals surface area contributed by atoms with E-state index in [1.807, 2.05) is 13.8 Å². The maximum Gasteiger partial charge on any atom is 0.218 e. The number of rotatable bonds is 2. The molecule has 1 aromatic heterocycles. The lowest BCUT2D eigenvalue weighted by Gasteiger charge is -2.17. The Bertz CT molecular complexity index is 352. The van der Waals surface area contributed by atoms with Crippen LogP contribution < -0.4 is 0 Å². The molecule has 1 atom stereocenters. The van der Waals surface area contributed by atoms with Gasteiger partial charge in [0.1, 0.15) is 0 Å². The van der Waals surface area contributed by atoms with Crippen molar-refractivity contribution in [3.63, 3.8) is 0 Å². The van der Waals surface area contributed by atoms with Gasteiger partial charge in [0.05, 0.1) is 10.8 Å². The molecule has 1 aromatic rings. The van der Waals surface area contributed by atoms with Gasteiger partial charge >= 0.3 is 0 Å². The third kappa shape index (κ3) is 3.09. The van der Waals surface area contributed by atoms with Gasteiger partial charge in [0.25, 0.3) is 0 Å². The van der Waals surface area contributed by atoms with Crippen molar-refractivity contribution in [1.29, 1.82) is 0 Å². The fraction of sp³-hybridized carbons (Fsp3) is 0.636. The first kappa shape index (κ1) is 12.3. The van der Waals surface area contributed by atoms with Gasteiger partial charge in [-0.25, -0.2) is 9.97 Å². The highest BCUT2D eigenvalue weighted by atomic mass is 32.2. The van der Waals surface area contributed by atoms with Gasteiger partial charge in [0.2, 0.25) is 5.16 Å². The second kappa shape index (κ2) is 4.39. The maximum absolute atomic E-state index is 11.7. The van der Waals surface area contributed by atoms with Crippen LogP contribution in [-0.2, 0) is 16.2 Å². The first-order chi connectivity index (χ1) is 6.82. The molecule has 1 unspecified atom stereocenters. The molecule has 0 N–H and O–H groups in total. The van der Waals surface area contributed by atoms with Crippen LogP contribution >= 0.6 is 0 Å². The zero-order chi connectivity index (χ0) is 11.6. The predicted molar refractivity (Wildman–Crippen MR) is 62.3 cm³/mol. The van der Waals surface area contributed by atoms with Crippen LogP contribution in [-0.4, -0.2) is 19.4 Å². The smallest absolute Gasteiger partial charge is 0.218 e. The molecular weight excluding hydrogens is 208 g/mol. The zero-order valence-electron chi connectivity index (χ0n) is 9.94. The maximum atomic E-state index is 11.7. The molecule has 0 saturated carbocycles. The van der Waals surface area contributed by atoms with Gasteiger partial charge in [-0.2, -0.15) is 0 Å². The zero-order valence-corrected chi connectivity index (χ0v) is 10.8. The highest BCUT2D eigenvalue weighted by Crippen LogP contribution is 2.20. The summed E-state index contributed by atoms with van der Waals surface area (Å²) < 4.78 is 11.7. The largest absolute Gasteiger partial charge is 0.251 e. The minimum absolute atomic E-state index is 0.0395. The van der Waals surface area contributed by atoms with Crippen molar-refractivity contribution in [2.24, 2.45) is 0 Å². The number of hydrogen-bond acceptors (Lipinski definition) is 3. The molecule has 0 amide bonds. The molecule has 84 valence electrons. The third-order valence-electron chi connectivity index (χ3n) is 2.10. The highest BCUT2D eigenvalue weighted by molar-refractivity contribution is 7.85. The monoisotopic (exact) mass is 226 g/mol. The minimum atomic E-state index is -1.09. The molecule has 0 aliphatic heterocycles. The van der Waals surface area contributed by atoms with Gasteiger partial charge in [-0.15, -0.1) is 0 Å². The van der Waals surface area contributed by atoms with Gasteiger partial charge in [0.15, 0.2) is 0 Å². The Morgan fingerprint density at radius 3 is 2.00 bits per heavy atom. The first-order valence-electron chi connectivity index (χ1n) is 5.05. The molecule has 0 fully saturated rings. The summed E-state index contributed by atoms with van der Waals surface area (Å²) in [5.41, 5.74) is 1.10. The SMILES string of the molecule is CC(C)S(=O)c1ncc(C(C)(C)C)cn1. The van der Waals surface area contributed by atoms with E-state index < -0.39 is 10.8 Å². The van der Waals surface area contributed by atoms with Gasteiger partial charge < -0.3 is 0 Å². The Labute approximate surface area is 93.8 Å². The van der Waals surface area contributed by atoms with Crippen LogP contribution in [0.5, 0.6) is 0 Å². The standard InChI is InChI=1S/C11H18N2OS/c1-8(2)15(14)10-12-6-9(7-13-10)11(3,4)5/h6-8H,1-5H3. The van der Waals surface area contributed by atoms with E-state index in [1.165, 1.54) is 0 Å². The van der Waals surface area contributed by atoms with Crippen LogP contribution in [0, 0.1) is 0 Å². The van der Waals surface area contributed by atoms with E-state index >= 15 is 0 Å². The Kier molecular flexibility index (Phi) is 3.60. The number of hydrogen-bond donors (Lipinski definition) is 0. The topological polar surface area (TPSA) is 42.9 Å². The average Bonchev–Trinajstić information content (AvgIpc) is 2.15. The number of nitrogens with zero attached hydrogens (tertiary/aromatic N) is 2. The molecule has 4 heteroatoms. The van der Waals surface area contributed by atoms with Crippen LogP contribution in [0.3, 0.4) is 0 Å². The van der Waals surface area contributed by atoms with Gasteiger partial charge in [-0.1, -0.05) is 34.6 Å². The Hall–Kier alpha value is -0.770. The summed E-state index contributed by atoms with van der Waals surface area (Å²) >= 11 is 0. The van der Waals surface area contributed by atoms with E-state index in [1.54, 1.807) is 12.4 Å². The van der Waals surface area contributed by atoms with E-state index in [4.69, 9.17) is 0 Å². The molecule has 0 aromatic carbocycles. The van der Waals surface area contributed by atoms with Crippen molar-refractivity contribution < 1.29 is 4.21 Å². The Balaban J connectivity index is 2.96. The van der Waals surface area contributed by atoms with E-state index in [-0.39, 0.29) is 10.7 Å². The van der Waals surface area contributed by atoms with Crippen molar-refractivity contribution in [3.05, 3.63) is 18.0 Å². The summed E-state index contributed by atoms with van der Waals surface area (Å²) in [4.78, 5) is 8.31. The molecule has 15 heavy (non-hydrogen) atoms. The van der Waals surface area contributed by atoms with Crippen LogP contribution in [0.1, 0.15) is 40.2 Å². The predicted octanol–water partition coefficient (Wildman–Crippen LogP) is 2.29. The lowest BCUT2D eigenvalue weighted by atomic mass is 9.89. The summed E-state index contributed by atoms with van der Waals surface area (Å²) in [7, 11) is -1.09. The van der Waals surface area contributed by atoms with Crippen LogP contribution in [0.4, 0.5) is 0 Å². The van der Waals surface area contributed by atoms with Gasteiger partial charge in [-0.3, -0.25) is 4.21 Å². The molecule has 0 radical (unpaired) electrons. The Morgan fingerprint density at radius 2 is 1.67 bits per heavy atom. The molecular formula is C11H18N2OS. The fourth-order valence-corrected chi connectivity index (χ4v) is 1.75. The fourth-order valence-electron chi connectivity index (χ4n) is 1.02. The number of aromatic nitrogens is 2. The van der Waals surface area contributed by atoms with Crippen molar-refractivity contribution in [3.8, 4) is 0 Å². The molecule has 3 nitrogen and oxygen atoms in total. The van der Waals surface area contributed by atoms with E-state index in [2.05, 4.69) is 30.7 Å². The molecule has 0 bridgehead atoms. The van der Waals surface area contributed by atoms with Gasteiger partial charge in [0, 0.05) is 17.6 Å². The second-order valence-electron chi connectivity index (χ2n) is 4.85. The van der Waals surface area contributed by atoms with Crippen molar-refractivity contribution in [2.45, 2.75) is 50.4 Å². The second-order valence-corrected chi connectivity index (χ2v) is 6.75. The van der Waals surface area contributed by atoms with Crippen LogP contribution in [0.25, 0.3) is 0 Å². The summed E-state index contributed by atoms with van der Waals surface area (Å²) in [6.45, 7) is 10.1. The van der Waals surface area contributed by atoms with Gasteiger partial charge in [-0.05, 0) is 11.0 Å².